The van der Waals surface area contributed by atoms with Crippen LogP contribution in [0.3, 0.4) is 0 Å². The van der Waals surface area contributed by atoms with E-state index < -0.39 is 30.7 Å². The maximum atomic E-state index is 14.0. The normalized spacial score (nSPS) is 18.8. The molecule has 1 aliphatic rings. The highest BCUT2D eigenvalue weighted by Gasteiger charge is 2.44. The number of alkyl halides is 2. The van der Waals surface area contributed by atoms with Gasteiger partial charge in [0.2, 0.25) is 5.91 Å². The standard InChI is InChI=1S/C31H38BrF2N3O5.ClH/c1-20(2)41-19-30(33,34)18-40-17-22-8-10-24(11-9-22)31(39)13-15-35-16-26(31)28-27(32)29(42-37-28)25-7-5-4-6-23(25)12-14-36-21(3)38;/h4-11,20,26,35,39H,12-19H2,1-3H3,(H,36,38);1H/t26-,31+;/m1./s1. The van der Waals surface area contributed by atoms with Crippen molar-refractivity contribution >= 4 is 34.2 Å². The smallest absolute Gasteiger partial charge is 0.293 e. The quantitative estimate of drug-likeness (QED) is 0.211. The third kappa shape index (κ3) is 9.06. The Balaban J connectivity index is 0.00000506. The van der Waals surface area contributed by atoms with Crippen molar-refractivity contribution < 1.29 is 32.7 Å². The van der Waals surface area contributed by atoms with Crippen LogP contribution in [0.15, 0.2) is 57.5 Å². The van der Waals surface area contributed by atoms with Crippen molar-refractivity contribution in [3.8, 4) is 11.3 Å². The fourth-order valence-corrected chi connectivity index (χ4v) is 5.72. The van der Waals surface area contributed by atoms with Crippen LogP contribution in [0.25, 0.3) is 11.3 Å². The van der Waals surface area contributed by atoms with Gasteiger partial charge in [-0.15, -0.1) is 12.4 Å². The number of halogens is 4. The van der Waals surface area contributed by atoms with E-state index in [0.717, 1.165) is 11.1 Å². The monoisotopic (exact) mass is 685 g/mol. The highest BCUT2D eigenvalue weighted by molar-refractivity contribution is 9.10. The molecule has 1 fully saturated rings. The molecule has 2 heterocycles. The van der Waals surface area contributed by atoms with Gasteiger partial charge in [-0.2, -0.15) is 0 Å². The van der Waals surface area contributed by atoms with Crippen molar-refractivity contribution in [2.24, 2.45) is 0 Å². The van der Waals surface area contributed by atoms with Gasteiger partial charge < -0.3 is 29.7 Å². The number of rotatable bonds is 13. The van der Waals surface area contributed by atoms with E-state index in [2.05, 4.69) is 31.7 Å². The number of amides is 1. The molecule has 2 aromatic carbocycles. The van der Waals surface area contributed by atoms with E-state index in [1.54, 1.807) is 26.0 Å². The summed E-state index contributed by atoms with van der Waals surface area (Å²) >= 11 is 3.70. The lowest BCUT2D eigenvalue weighted by molar-refractivity contribution is -0.135. The lowest BCUT2D eigenvalue weighted by Gasteiger charge is -2.40. The van der Waals surface area contributed by atoms with Crippen molar-refractivity contribution in [1.82, 2.24) is 15.8 Å². The Morgan fingerprint density at radius 1 is 1.23 bits per heavy atom. The van der Waals surface area contributed by atoms with Gasteiger partial charge in [0.15, 0.2) is 5.76 Å². The molecule has 12 heteroatoms. The molecule has 0 bridgehead atoms. The Morgan fingerprint density at radius 2 is 1.95 bits per heavy atom. The summed E-state index contributed by atoms with van der Waals surface area (Å²) in [6.45, 7) is 5.07. The van der Waals surface area contributed by atoms with Crippen LogP contribution >= 0.6 is 28.3 Å². The van der Waals surface area contributed by atoms with Crippen molar-refractivity contribution in [2.75, 3.05) is 32.8 Å². The summed E-state index contributed by atoms with van der Waals surface area (Å²) in [5.74, 6) is -3.03. The van der Waals surface area contributed by atoms with Crippen LogP contribution in [-0.4, -0.2) is 61.0 Å². The van der Waals surface area contributed by atoms with Gasteiger partial charge >= 0.3 is 0 Å². The van der Waals surface area contributed by atoms with Crippen LogP contribution in [-0.2, 0) is 32.9 Å². The number of aromatic nitrogens is 1. The number of carbonyl (C=O) groups excluding carboxylic acids is 1. The zero-order valence-corrected chi connectivity index (χ0v) is 26.9. The SMILES string of the molecule is CC(=O)NCCc1ccccc1-c1onc([C@H]2CNCC[C@]2(O)c2ccc(COCC(F)(F)COC(C)C)cc2)c1Br.Cl. The largest absolute Gasteiger partial charge is 0.384 e. The minimum absolute atomic E-state index is 0. The van der Waals surface area contributed by atoms with Crippen LogP contribution in [0.2, 0.25) is 0 Å². The summed E-state index contributed by atoms with van der Waals surface area (Å²) in [5, 5.41) is 22.6. The summed E-state index contributed by atoms with van der Waals surface area (Å²) in [7, 11) is 0. The maximum Gasteiger partial charge on any atom is 0.293 e. The lowest BCUT2D eigenvalue weighted by atomic mass is 9.74. The van der Waals surface area contributed by atoms with E-state index in [1.165, 1.54) is 6.92 Å². The van der Waals surface area contributed by atoms with E-state index in [9.17, 15) is 18.7 Å². The summed E-state index contributed by atoms with van der Waals surface area (Å²) in [5.41, 5.74) is 2.61. The van der Waals surface area contributed by atoms with Crippen LogP contribution in [0.1, 0.15) is 55.5 Å². The Labute approximate surface area is 265 Å². The fourth-order valence-electron chi connectivity index (χ4n) is 5.08. The lowest BCUT2D eigenvalue weighted by Crippen LogP contribution is -2.46. The predicted octanol–water partition coefficient (Wildman–Crippen LogP) is 5.75. The number of aliphatic hydroxyl groups is 1. The molecule has 1 amide bonds. The average molecular weight is 687 g/mol. The second-order valence-corrected chi connectivity index (χ2v) is 11.7. The first-order valence-electron chi connectivity index (χ1n) is 14.1. The molecule has 1 aromatic heterocycles. The van der Waals surface area contributed by atoms with Crippen LogP contribution in [0.4, 0.5) is 8.78 Å². The van der Waals surface area contributed by atoms with Crippen LogP contribution in [0, 0.1) is 0 Å². The van der Waals surface area contributed by atoms with Crippen LogP contribution in [0.5, 0.6) is 0 Å². The third-order valence-electron chi connectivity index (χ3n) is 7.29. The minimum atomic E-state index is -3.07. The van der Waals surface area contributed by atoms with Gasteiger partial charge in [0.25, 0.3) is 5.92 Å². The number of carbonyl (C=O) groups is 1. The molecule has 0 saturated carbocycles. The first-order chi connectivity index (χ1) is 20.0. The molecule has 1 saturated heterocycles. The maximum absolute atomic E-state index is 14.0. The number of ether oxygens (including phenoxy) is 2. The molecule has 0 aliphatic carbocycles. The molecule has 236 valence electrons. The van der Waals surface area contributed by atoms with E-state index in [1.807, 2.05) is 36.4 Å². The van der Waals surface area contributed by atoms with Crippen LogP contribution < -0.4 is 10.6 Å². The Kier molecular flexibility index (Phi) is 12.7. The second kappa shape index (κ2) is 15.5. The highest BCUT2D eigenvalue weighted by atomic mass is 79.9. The molecule has 2 atom stereocenters. The molecular formula is C31H39BrClF2N3O5. The highest BCUT2D eigenvalue weighted by Crippen LogP contribution is 2.45. The zero-order valence-electron chi connectivity index (χ0n) is 24.5. The van der Waals surface area contributed by atoms with E-state index >= 15 is 0 Å². The Morgan fingerprint density at radius 3 is 2.65 bits per heavy atom. The summed E-state index contributed by atoms with van der Waals surface area (Å²) in [4.78, 5) is 11.3. The van der Waals surface area contributed by atoms with Crippen molar-refractivity contribution in [2.45, 2.75) is 63.8 Å². The molecule has 3 N–H and O–H groups in total. The topological polar surface area (TPSA) is 106 Å². The Hall–Kier alpha value is -2.41. The number of nitrogens with zero attached hydrogens (tertiary/aromatic N) is 1. The molecule has 0 unspecified atom stereocenters. The number of nitrogens with one attached hydrogen (secondary N) is 2. The molecule has 0 radical (unpaired) electrons. The number of piperidine rings is 1. The van der Waals surface area contributed by atoms with Gasteiger partial charge in [0, 0.05) is 25.6 Å². The number of benzene rings is 2. The second-order valence-electron chi connectivity index (χ2n) is 10.9. The van der Waals surface area contributed by atoms with Crippen molar-refractivity contribution in [3.05, 3.63) is 75.4 Å². The third-order valence-corrected chi connectivity index (χ3v) is 8.06. The summed E-state index contributed by atoms with van der Waals surface area (Å²) in [6.07, 6.45) is 0.777. The molecule has 0 spiro atoms. The molecule has 4 rings (SSSR count). The van der Waals surface area contributed by atoms with Gasteiger partial charge in [-0.25, -0.2) is 8.78 Å². The zero-order chi connectivity index (χ0) is 30.3. The van der Waals surface area contributed by atoms with Gasteiger partial charge in [-0.3, -0.25) is 4.79 Å². The molecule has 8 nitrogen and oxygen atoms in total. The molecule has 43 heavy (non-hydrogen) atoms. The van der Waals surface area contributed by atoms with E-state index in [-0.39, 0.29) is 31.0 Å². The summed E-state index contributed by atoms with van der Waals surface area (Å²) < 4.78 is 44.8. The van der Waals surface area contributed by atoms with Gasteiger partial charge in [0.1, 0.15) is 24.5 Å². The summed E-state index contributed by atoms with van der Waals surface area (Å²) in [6, 6.07) is 15.0. The predicted molar refractivity (Wildman–Crippen MR) is 166 cm³/mol. The molecule has 3 aromatic rings. The first kappa shape index (κ1) is 35.1. The van der Waals surface area contributed by atoms with Crippen molar-refractivity contribution in [1.29, 1.82) is 0 Å². The fraction of sp³-hybridized carbons (Fsp3) is 0.484. The average Bonchev–Trinajstić information content (AvgIpc) is 3.33. The molecular weight excluding hydrogens is 648 g/mol. The van der Waals surface area contributed by atoms with E-state index in [4.69, 9.17) is 14.0 Å². The van der Waals surface area contributed by atoms with Gasteiger partial charge in [-0.05, 0) is 65.9 Å². The number of hydrogen-bond donors (Lipinski definition) is 3. The first-order valence-corrected chi connectivity index (χ1v) is 14.9. The van der Waals surface area contributed by atoms with Gasteiger partial charge in [0.05, 0.1) is 23.1 Å². The van der Waals surface area contributed by atoms with Crippen molar-refractivity contribution in [3.63, 3.8) is 0 Å². The van der Waals surface area contributed by atoms with E-state index in [0.29, 0.717) is 59.5 Å². The van der Waals surface area contributed by atoms with Gasteiger partial charge in [-0.1, -0.05) is 53.7 Å². The minimum Gasteiger partial charge on any atom is -0.384 e. The number of hydrogen-bond acceptors (Lipinski definition) is 7. The molecule has 1 aliphatic heterocycles. The Bertz CT molecular complexity index is 1340.